The Kier molecular flexibility index (Phi) is 9.11. The van der Waals surface area contributed by atoms with Crippen LogP contribution in [0, 0.1) is 0 Å². The first-order chi connectivity index (χ1) is 29.8. The summed E-state index contributed by atoms with van der Waals surface area (Å²) in [5.41, 5.74) is 15.5. The molecule has 0 amide bonds. The molecule has 0 saturated heterocycles. The van der Waals surface area contributed by atoms with Gasteiger partial charge in [-0.25, -0.2) is 0 Å². The fourth-order valence-corrected chi connectivity index (χ4v) is 10.0. The minimum absolute atomic E-state index is 1.10. The SMILES string of the molecule is c1ccc(-c2ccc(N(c3ccc(-c4ccccc4)cc3)c3ccc(-c4ccc(-c5c(-c6ccccc6)c6ccccc6c6sc7ccccc7c56)cc4)cc3)cc2)cc1. The third-order valence-corrected chi connectivity index (χ3v) is 12.9. The largest absolute Gasteiger partial charge is 0.311 e. The Hall–Kier alpha value is -7.52. The molecular weight excluding hydrogens is 743 g/mol. The van der Waals surface area contributed by atoms with Crippen molar-refractivity contribution in [2.75, 3.05) is 4.90 Å². The number of fused-ring (bicyclic) bond motifs is 5. The molecule has 1 nitrogen and oxygen atoms in total. The predicted molar refractivity (Wildman–Crippen MR) is 259 cm³/mol. The lowest BCUT2D eigenvalue weighted by molar-refractivity contribution is 1.28. The van der Waals surface area contributed by atoms with E-state index in [1.165, 1.54) is 86.6 Å². The van der Waals surface area contributed by atoms with Crippen molar-refractivity contribution in [2.45, 2.75) is 0 Å². The van der Waals surface area contributed by atoms with E-state index in [0.717, 1.165) is 17.1 Å². The second-order valence-electron chi connectivity index (χ2n) is 15.2. The molecule has 0 aliphatic carbocycles. The summed E-state index contributed by atoms with van der Waals surface area (Å²) < 4.78 is 2.66. The summed E-state index contributed by atoms with van der Waals surface area (Å²) in [6.07, 6.45) is 0. The number of benzene rings is 10. The first-order valence-corrected chi connectivity index (χ1v) is 21.3. The highest BCUT2D eigenvalue weighted by Crippen LogP contribution is 2.50. The second-order valence-corrected chi connectivity index (χ2v) is 16.3. The van der Waals surface area contributed by atoms with E-state index < -0.39 is 0 Å². The molecule has 0 fully saturated rings. The van der Waals surface area contributed by atoms with Gasteiger partial charge in [0.05, 0.1) is 0 Å². The predicted octanol–water partition coefficient (Wildman–Crippen LogP) is 17.0. The average Bonchev–Trinajstić information content (AvgIpc) is 3.73. The van der Waals surface area contributed by atoms with Gasteiger partial charge in [0.2, 0.25) is 0 Å². The Bertz CT molecular complexity index is 3160. The van der Waals surface area contributed by atoms with Crippen molar-refractivity contribution in [3.63, 3.8) is 0 Å². The van der Waals surface area contributed by atoms with Gasteiger partial charge in [-0.05, 0) is 103 Å². The van der Waals surface area contributed by atoms with Crippen molar-refractivity contribution in [1.82, 2.24) is 0 Å². The Balaban J connectivity index is 0.985. The Morgan fingerprint density at radius 3 is 1.07 bits per heavy atom. The first kappa shape index (κ1) is 35.6. The van der Waals surface area contributed by atoms with E-state index in [-0.39, 0.29) is 0 Å². The molecule has 0 unspecified atom stereocenters. The Morgan fingerprint density at radius 2 is 0.583 bits per heavy atom. The third-order valence-electron chi connectivity index (χ3n) is 11.7. The molecule has 0 radical (unpaired) electrons. The number of hydrogen-bond donors (Lipinski definition) is 0. The molecule has 60 heavy (non-hydrogen) atoms. The molecule has 0 bridgehead atoms. The van der Waals surface area contributed by atoms with Gasteiger partial charge in [-0.2, -0.15) is 0 Å². The van der Waals surface area contributed by atoms with Crippen molar-refractivity contribution in [1.29, 1.82) is 0 Å². The normalized spacial score (nSPS) is 11.3. The topological polar surface area (TPSA) is 3.24 Å². The van der Waals surface area contributed by atoms with E-state index in [9.17, 15) is 0 Å². The Morgan fingerprint density at radius 1 is 0.250 bits per heavy atom. The van der Waals surface area contributed by atoms with Crippen LogP contribution < -0.4 is 4.90 Å². The molecule has 0 aliphatic heterocycles. The summed E-state index contributed by atoms with van der Waals surface area (Å²) in [6, 6.07) is 85.8. The third kappa shape index (κ3) is 6.44. The smallest absolute Gasteiger partial charge is 0.0462 e. The van der Waals surface area contributed by atoms with Gasteiger partial charge in [0.1, 0.15) is 0 Å². The molecule has 0 aliphatic rings. The molecule has 0 spiro atoms. The number of anilines is 3. The molecular formula is C58H39NS. The number of thiophene rings is 1. The van der Waals surface area contributed by atoms with E-state index in [2.05, 4.69) is 241 Å². The monoisotopic (exact) mass is 781 g/mol. The second kappa shape index (κ2) is 15.3. The quantitative estimate of drug-likeness (QED) is 0.148. The van der Waals surface area contributed by atoms with Crippen molar-refractivity contribution in [3.05, 3.63) is 237 Å². The van der Waals surface area contributed by atoms with Crippen LogP contribution in [0.5, 0.6) is 0 Å². The van der Waals surface area contributed by atoms with Crippen LogP contribution in [0.4, 0.5) is 17.1 Å². The van der Waals surface area contributed by atoms with Gasteiger partial charge in [-0.1, -0.05) is 194 Å². The van der Waals surface area contributed by atoms with Gasteiger partial charge >= 0.3 is 0 Å². The van der Waals surface area contributed by atoms with E-state index in [1.54, 1.807) is 0 Å². The summed E-state index contributed by atoms with van der Waals surface area (Å²) in [5, 5.41) is 5.23. The molecule has 282 valence electrons. The van der Waals surface area contributed by atoms with E-state index in [4.69, 9.17) is 0 Å². The summed E-state index contributed by atoms with van der Waals surface area (Å²) in [4.78, 5) is 2.34. The zero-order valence-corrected chi connectivity index (χ0v) is 33.7. The molecule has 0 saturated carbocycles. The van der Waals surface area contributed by atoms with Crippen molar-refractivity contribution in [2.24, 2.45) is 0 Å². The number of rotatable bonds is 8. The fourth-order valence-electron chi connectivity index (χ4n) is 8.78. The molecule has 2 heteroatoms. The Labute approximate surface area is 354 Å². The molecule has 11 aromatic rings. The van der Waals surface area contributed by atoms with Crippen molar-refractivity contribution >= 4 is 59.3 Å². The van der Waals surface area contributed by atoms with Crippen LogP contribution in [0.3, 0.4) is 0 Å². The molecule has 11 rings (SSSR count). The lowest BCUT2D eigenvalue weighted by Crippen LogP contribution is -2.09. The molecule has 1 aromatic heterocycles. The fraction of sp³-hybridized carbons (Fsp3) is 0. The first-order valence-electron chi connectivity index (χ1n) is 20.5. The standard InChI is InChI=1S/C58H39NS/c1-4-14-40(15-5-1)43-28-34-48(35-29-43)59(49-36-30-44(31-37-49)41-16-6-2-7-17-41)50-38-32-45(33-39-50)42-24-26-47(27-25-42)56-55(46-18-8-3-9-19-46)51-20-10-11-21-52(51)58-57(56)53-22-12-13-23-54(53)60-58/h1-39H. The van der Waals surface area contributed by atoms with Gasteiger partial charge < -0.3 is 4.90 Å². The average molecular weight is 782 g/mol. The highest BCUT2D eigenvalue weighted by Gasteiger charge is 2.21. The van der Waals surface area contributed by atoms with Gasteiger partial charge in [0.15, 0.2) is 0 Å². The molecule has 1 heterocycles. The van der Waals surface area contributed by atoms with E-state index >= 15 is 0 Å². The number of hydrogen-bond acceptors (Lipinski definition) is 2. The maximum atomic E-state index is 2.34. The van der Waals surface area contributed by atoms with Crippen LogP contribution in [0.25, 0.3) is 86.6 Å². The summed E-state index contributed by atoms with van der Waals surface area (Å²) >= 11 is 1.90. The lowest BCUT2D eigenvalue weighted by atomic mass is 9.86. The maximum Gasteiger partial charge on any atom is 0.0462 e. The zero-order valence-electron chi connectivity index (χ0n) is 32.9. The van der Waals surface area contributed by atoms with Gasteiger partial charge in [-0.15, -0.1) is 11.3 Å². The van der Waals surface area contributed by atoms with Crippen LogP contribution in [-0.2, 0) is 0 Å². The summed E-state index contributed by atoms with van der Waals surface area (Å²) in [6.45, 7) is 0. The summed E-state index contributed by atoms with van der Waals surface area (Å²) in [5.74, 6) is 0. The van der Waals surface area contributed by atoms with Crippen molar-refractivity contribution < 1.29 is 0 Å². The minimum atomic E-state index is 1.10. The van der Waals surface area contributed by atoms with Crippen LogP contribution in [-0.4, -0.2) is 0 Å². The number of nitrogens with zero attached hydrogens (tertiary/aromatic N) is 1. The zero-order chi connectivity index (χ0) is 39.8. The van der Waals surface area contributed by atoms with Crippen LogP contribution >= 0.6 is 11.3 Å². The molecule has 0 atom stereocenters. The highest BCUT2D eigenvalue weighted by molar-refractivity contribution is 7.26. The highest BCUT2D eigenvalue weighted by atomic mass is 32.1. The van der Waals surface area contributed by atoms with Gasteiger partial charge in [0.25, 0.3) is 0 Å². The molecule has 0 N–H and O–H groups in total. The maximum absolute atomic E-state index is 2.34. The van der Waals surface area contributed by atoms with Crippen LogP contribution in [0.15, 0.2) is 237 Å². The van der Waals surface area contributed by atoms with Gasteiger partial charge in [-0.3, -0.25) is 0 Å². The van der Waals surface area contributed by atoms with E-state index in [1.807, 2.05) is 11.3 Å². The van der Waals surface area contributed by atoms with Crippen LogP contribution in [0.1, 0.15) is 0 Å². The van der Waals surface area contributed by atoms with Gasteiger partial charge in [0, 0.05) is 42.6 Å². The van der Waals surface area contributed by atoms with Crippen molar-refractivity contribution in [3.8, 4) is 55.6 Å². The van der Waals surface area contributed by atoms with Crippen LogP contribution in [0.2, 0.25) is 0 Å². The summed E-state index contributed by atoms with van der Waals surface area (Å²) in [7, 11) is 0. The van der Waals surface area contributed by atoms with E-state index in [0.29, 0.717) is 0 Å². The molecule has 10 aromatic carbocycles. The minimum Gasteiger partial charge on any atom is -0.311 e. The lowest BCUT2D eigenvalue weighted by Gasteiger charge is -2.26.